The Morgan fingerprint density at radius 2 is 2.21 bits per heavy atom. The molecule has 2 fully saturated rings. The summed E-state index contributed by atoms with van der Waals surface area (Å²) in [6.45, 7) is 6.76. The van der Waals surface area contributed by atoms with Crippen LogP contribution in [0, 0.1) is 6.92 Å². The number of benzene rings is 1. The van der Waals surface area contributed by atoms with Crippen molar-refractivity contribution in [2.45, 2.75) is 24.9 Å². The zero-order valence-electron chi connectivity index (χ0n) is 18.5. The van der Waals surface area contributed by atoms with Crippen LogP contribution in [-0.2, 0) is 11.2 Å². The zero-order valence-corrected chi connectivity index (χ0v) is 19.3. The molecule has 0 unspecified atom stereocenters. The van der Waals surface area contributed by atoms with Crippen molar-refractivity contribution in [3.05, 3.63) is 46.5 Å². The predicted molar refractivity (Wildman–Crippen MR) is 129 cm³/mol. The summed E-state index contributed by atoms with van der Waals surface area (Å²) in [4.78, 5) is 21.2. The number of amides is 1. The number of nitrogens with two attached hydrogens (primary N) is 1. The summed E-state index contributed by atoms with van der Waals surface area (Å²) < 4.78 is 11.5. The number of piperazine rings is 1. The fraction of sp³-hybridized carbons (Fsp3) is 0.417. The molecule has 3 aliphatic rings. The molecule has 6 rings (SSSR count). The third-order valence-electron chi connectivity index (χ3n) is 6.73. The number of anilines is 2. The first-order chi connectivity index (χ1) is 16.0. The van der Waals surface area contributed by atoms with Crippen LogP contribution in [0.1, 0.15) is 20.9 Å². The Balaban J connectivity index is 1.15. The van der Waals surface area contributed by atoms with Gasteiger partial charge in [-0.3, -0.25) is 4.79 Å². The molecule has 4 N–H and O–H groups in total. The average Bonchev–Trinajstić information content (AvgIpc) is 3.13. The van der Waals surface area contributed by atoms with Gasteiger partial charge in [-0.05, 0) is 37.1 Å². The number of nitrogens with zero attached hydrogens (tertiary/aromatic N) is 2. The van der Waals surface area contributed by atoms with Gasteiger partial charge in [-0.15, -0.1) is 11.3 Å². The molecule has 8 nitrogen and oxygen atoms in total. The lowest BCUT2D eigenvalue weighted by Gasteiger charge is -2.49. The number of nitrogen functional groups attached to an aromatic ring is 1. The van der Waals surface area contributed by atoms with E-state index in [0.29, 0.717) is 17.2 Å². The molecule has 0 bridgehead atoms. The molecule has 33 heavy (non-hydrogen) atoms. The van der Waals surface area contributed by atoms with E-state index in [9.17, 15) is 4.79 Å². The summed E-state index contributed by atoms with van der Waals surface area (Å²) in [6, 6.07) is 10.1. The molecule has 1 amide bonds. The second-order valence-electron chi connectivity index (χ2n) is 9.25. The maximum absolute atomic E-state index is 13.0. The fourth-order valence-electron chi connectivity index (χ4n) is 4.88. The molecule has 5 heterocycles. The highest BCUT2D eigenvalue weighted by atomic mass is 32.1. The first-order valence-electron chi connectivity index (χ1n) is 11.3. The number of nitrogens with one attached hydrogen (secondary N) is 2. The van der Waals surface area contributed by atoms with Crippen molar-refractivity contribution >= 4 is 38.8 Å². The summed E-state index contributed by atoms with van der Waals surface area (Å²) in [5.41, 5.74) is 10.0. The van der Waals surface area contributed by atoms with Crippen molar-refractivity contribution in [2.75, 3.05) is 50.1 Å². The standard InChI is InChI=1S/C24H27N5O3S/c1-14-2-5-18-20(25)21(33-23(18)27-14)22(30)28-16-8-15-3-4-17(9-19(15)32-10-16)29-7-6-26-24(11-29)12-31-13-24/h2-5,9,16,26H,6-8,10-13,25H2,1H3,(H,28,30)/t16-/m1/s1. The minimum absolute atomic E-state index is 0.0903. The number of hydrogen-bond donors (Lipinski definition) is 3. The summed E-state index contributed by atoms with van der Waals surface area (Å²) >= 11 is 1.34. The highest BCUT2D eigenvalue weighted by Gasteiger charge is 2.42. The molecule has 3 aliphatic heterocycles. The van der Waals surface area contributed by atoms with E-state index in [0.717, 1.165) is 66.5 Å². The van der Waals surface area contributed by atoms with Crippen LogP contribution in [-0.4, -0.2) is 61.9 Å². The summed E-state index contributed by atoms with van der Waals surface area (Å²) in [6.07, 6.45) is 0.725. The number of hydrogen-bond acceptors (Lipinski definition) is 8. The van der Waals surface area contributed by atoms with Crippen molar-refractivity contribution < 1.29 is 14.3 Å². The molecule has 0 saturated carbocycles. The molecule has 1 spiro atoms. The monoisotopic (exact) mass is 465 g/mol. The van der Waals surface area contributed by atoms with E-state index in [-0.39, 0.29) is 17.5 Å². The van der Waals surface area contributed by atoms with E-state index >= 15 is 0 Å². The Bertz CT molecular complexity index is 1240. The molecule has 1 aromatic carbocycles. The molecule has 0 aliphatic carbocycles. The molecule has 2 aromatic heterocycles. The molecule has 9 heteroatoms. The number of aromatic nitrogens is 1. The first-order valence-corrected chi connectivity index (χ1v) is 12.1. The lowest BCUT2D eigenvalue weighted by molar-refractivity contribution is -0.0742. The maximum atomic E-state index is 13.0. The molecule has 3 aromatic rings. The van der Waals surface area contributed by atoms with Crippen LogP contribution in [0.15, 0.2) is 30.3 Å². The second-order valence-corrected chi connectivity index (χ2v) is 10.2. The van der Waals surface area contributed by atoms with Gasteiger partial charge in [0.05, 0.1) is 30.5 Å². The van der Waals surface area contributed by atoms with Crippen molar-refractivity contribution in [1.82, 2.24) is 15.6 Å². The van der Waals surface area contributed by atoms with E-state index in [4.69, 9.17) is 15.2 Å². The number of carbonyl (C=O) groups excluding carboxylic acids is 1. The van der Waals surface area contributed by atoms with E-state index < -0.39 is 0 Å². The van der Waals surface area contributed by atoms with Gasteiger partial charge in [-0.25, -0.2) is 4.98 Å². The van der Waals surface area contributed by atoms with Crippen LogP contribution in [0.25, 0.3) is 10.2 Å². The SMILES string of the molecule is Cc1ccc2c(N)c(C(=O)N[C@H]3COc4cc(N5CCNC6(COC6)C5)ccc4C3)sc2n1. The lowest BCUT2D eigenvalue weighted by atomic mass is 9.93. The molecular weight excluding hydrogens is 438 g/mol. The van der Waals surface area contributed by atoms with Crippen LogP contribution in [0.3, 0.4) is 0 Å². The van der Waals surface area contributed by atoms with Gasteiger partial charge in [-0.2, -0.15) is 0 Å². The van der Waals surface area contributed by atoms with Crippen molar-refractivity contribution in [3.8, 4) is 5.75 Å². The number of carbonyl (C=O) groups is 1. The second kappa shape index (κ2) is 7.86. The number of ether oxygens (including phenoxy) is 2. The van der Waals surface area contributed by atoms with Gasteiger partial charge in [-0.1, -0.05) is 6.07 Å². The van der Waals surface area contributed by atoms with Crippen molar-refractivity contribution in [3.63, 3.8) is 0 Å². The van der Waals surface area contributed by atoms with Gasteiger partial charge < -0.3 is 30.7 Å². The van der Waals surface area contributed by atoms with Gasteiger partial charge in [0.1, 0.15) is 22.1 Å². The Kier molecular flexibility index (Phi) is 4.93. The Hall–Kier alpha value is -2.88. The minimum atomic E-state index is -0.171. The van der Waals surface area contributed by atoms with Crippen LogP contribution >= 0.6 is 11.3 Å². The van der Waals surface area contributed by atoms with Gasteiger partial charge in [0.15, 0.2) is 0 Å². The lowest BCUT2D eigenvalue weighted by Crippen LogP contribution is -2.70. The summed E-state index contributed by atoms with van der Waals surface area (Å²) in [7, 11) is 0. The van der Waals surface area contributed by atoms with Crippen molar-refractivity contribution in [2.24, 2.45) is 0 Å². The Morgan fingerprint density at radius 3 is 3.03 bits per heavy atom. The normalized spacial score (nSPS) is 21.4. The number of rotatable bonds is 3. The molecule has 1 atom stereocenters. The Labute approximate surface area is 196 Å². The van der Waals surface area contributed by atoms with Crippen LogP contribution in [0.4, 0.5) is 11.4 Å². The van der Waals surface area contributed by atoms with E-state index in [1.165, 1.54) is 17.0 Å². The number of aryl methyl sites for hydroxylation is 1. The van der Waals surface area contributed by atoms with Crippen LogP contribution < -0.4 is 26.0 Å². The minimum Gasteiger partial charge on any atom is -0.491 e. The van der Waals surface area contributed by atoms with Gasteiger partial charge >= 0.3 is 0 Å². The molecule has 0 radical (unpaired) electrons. The van der Waals surface area contributed by atoms with Gasteiger partial charge in [0.25, 0.3) is 5.91 Å². The smallest absolute Gasteiger partial charge is 0.263 e. The van der Waals surface area contributed by atoms with E-state index in [1.807, 2.05) is 19.1 Å². The fourth-order valence-corrected chi connectivity index (χ4v) is 5.92. The maximum Gasteiger partial charge on any atom is 0.263 e. The number of thiophene rings is 1. The quantitative estimate of drug-likeness (QED) is 0.545. The topological polar surface area (TPSA) is 102 Å². The summed E-state index contributed by atoms with van der Waals surface area (Å²) in [5.74, 6) is 0.729. The molecular formula is C24H27N5O3S. The average molecular weight is 466 g/mol. The molecule has 2 saturated heterocycles. The highest BCUT2D eigenvalue weighted by molar-refractivity contribution is 7.21. The summed E-state index contributed by atoms with van der Waals surface area (Å²) in [5, 5.41) is 7.53. The van der Waals surface area contributed by atoms with Gasteiger partial charge in [0.2, 0.25) is 0 Å². The Morgan fingerprint density at radius 1 is 1.33 bits per heavy atom. The first kappa shape index (κ1) is 20.7. The largest absolute Gasteiger partial charge is 0.491 e. The zero-order chi connectivity index (χ0) is 22.6. The van der Waals surface area contributed by atoms with Crippen LogP contribution in [0.2, 0.25) is 0 Å². The van der Waals surface area contributed by atoms with E-state index in [2.05, 4.69) is 38.7 Å². The van der Waals surface area contributed by atoms with Crippen molar-refractivity contribution in [1.29, 1.82) is 0 Å². The number of pyridine rings is 1. The number of fused-ring (bicyclic) bond motifs is 2. The third-order valence-corrected chi connectivity index (χ3v) is 7.84. The van der Waals surface area contributed by atoms with E-state index in [1.54, 1.807) is 0 Å². The van der Waals surface area contributed by atoms with Crippen LogP contribution in [0.5, 0.6) is 5.75 Å². The predicted octanol–water partition coefficient (Wildman–Crippen LogP) is 2.10. The molecule has 172 valence electrons. The van der Waals surface area contributed by atoms with Gasteiger partial charge in [0, 0.05) is 42.5 Å². The third kappa shape index (κ3) is 3.70. The highest BCUT2D eigenvalue weighted by Crippen LogP contribution is 2.34.